The fraction of sp³-hybridized carbons (Fsp3) is 0.636. The van der Waals surface area contributed by atoms with E-state index in [0.29, 0.717) is 18.3 Å². The molecule has 0 amide bonds. The summed E-state index contributed by atoms with van der Waals surface area (Å²) in [5, 5.41) is 6.42. The van der Waals surface area contributed by atoms with Gasteiger partial charge in [0.25, 0.3) is 5.56 Å². The summed E-state index contributed by atoms with van der Waals surface area (Å²) in [7, 11) is 0. The highest BCUT2D eigenvalue weighted by atomic mass is 16.5. The lowest BCUT2D eigenvalue weighted by Crippen LogP contribution is -2.14. The van der Waals surface area contributed by atoms with E-state index in [0.717, 1.165) is 5.69 Å². The summed E-state index contributed by atoms with van der Waals surface area (Å²) in [6, 6.07) is 1.46. The quantitative estimate of drug-likeness (QED) is 0.826. The normalized spacial score (nSPS) is 11.1. The van der Waals surface area contributed by atoms with Crippen LogP contribution in [0.3, 0.4) is 0 Å². The van der Waals surface area contributed by atoms with Gasteiger partial charge < -0.3 is 4.74 Å². The van der Waals surface area contributed by atoms with Crippen LogP contribution in [0.25, 0.3) is 0 Å². The predicted octanol–water partition coefficient (Wildman–Crippen LogP) is 1.93. The van der Waals surface area contributed by atoms with Crippen molar-refractivity contribution in [2.75, 3.05) is 6.61 Å². The van der Waals surface area contributed by atoms with Gasteiger partial charge in [0.05, 0.1) is 6.61 Å². The van der Waals surface area contributed by atoms with E-state index in [4.69, 9.17) is 4.74 Å². The standard InChI is InChI=1S/C11H18N2O2/c1-7(2)6-15-9-5-10(14)12-13-11(9)8(3)4/h5,7-8H,6H2,1-4H3,(H,12,14). The number of nitrogens with zero attached hydrogens (tertiary/aromatic N) is 1. The van der Waals surface area contributed by atoms with Gasteiger partial charge in [-0.15, -0.1) is 0 Å². The average Bonchev–Trinajstić information content (AvgIpc) is 2.14. The maximum atomic E-state index is 11.1. The van der Waals surface area contributed by atoms with Crippen molar-refractivity contribution >= 4 is 0 Å². The third kappa shape index (κ3) is 3.38. The van der Waals surface area contributed by atoms with Crippen molar-refractivity contribution in [1.82, 2.24) is 10.2 Å². The second kappa shape index (κ2) is 4.96. The Bertz CT molecular complexity index is 369. The van der Waals surface area contributed by atoms with Gasteiger partial charge in [-0.3, -0.25) is 4.79 Å². The van der Waals surface area contributed by atoms with Gasteiger partial charge in [-0.2, -0.15) is 5.10 Å². The molecule has 1 N–H and O–H groups in total. The lowest BCUT2D eigenvalue weighted by Gasteiger charge is -2.13. The summed E-state index contributed by atoms with van der Waals surface area (Å²) in [6.45, 7) is 8.77. The van der Waals surface area contributed by atoms with Crippen molar-refractivity contribution in [2.45, 2.75) is 33.6 Å². The molecule has 0 radical (unpaired) electrons. The second-order valence-corrected chi connectivity index (χ2v) is 4.34. The highest BCUT2D eigenvalue weighted by Crippen LogP contribution is 2.21. The molecule has 15 heavy (non-hydrogen) atoms. The van der Waals surface area contributed by atoms with Gasteiger partial charge in [0.15, 0.2) is 0 Å². The maximum Gasteiger partial charge on any atom is 0.267 e. The molecule has 0 saturated carbocycles. The van der Waals surface area contributed by atoms with Crippen LogP contribution >= 0.6 is 0 Å². The fourth-order valence-corrected chi connectivity index (χ4v) is 1.18. The molecule has 0 aromatic carbocycles. The van der Waals surface area contributed by atoms with Crippen LogP contribution in [0.5, 0.6) is 5.75 Å². The monoisotopic (exact) mass is 210 g/mol. The summed E-state index contributed by atoms with van der Waals surface area (Å²) >= 11 is 0. The van der Waals surface area contributed by atoms with E-state index in [1.54, 1.807) is 0 Å². The molecule has 0 spiro atoms. The molecule has 0 aliphatic rings. The molecule has 0 bridgehead atoms. The molecule has 4 nitrogen and oxygen atoms in total. The van der Waals surface area contributed by atoms with Crippen molar-refractivity contribution in [1.29, 1.82) is 0 Å². The average molecular weight is 210 g/mol. The number of H-pyrrole nitrogens is 1. The van der Waals surface area contributed by atoms with Crippen LogP contribution in [0, 0.1) is 5.92 Å². The third-order valence-corrected chi connectivity index (χ3v) is 1.92. The van der Waals surface area contributed by atoms with Gasteiger partial charge in [0, 0.05) is 12.0 Å². The van der Waals surface area contributed by atoms with Gasteiger partial charge in [0.1, 0.15) is 11.4 Å². The lowest BCUT2D eigenvalue weighted by atomic mass is 10.1. The summed E-state index contributed by atoms with van der Waals surface area (Å²) in [4.78, 5) is 11.1. The number of hydrogen-bond donors (Lipinski definition) is 1. The number of rotatable bonds is 4. The minimum absolute atomic E-state index is 0.224. The Kier molecular flexibility index (Phi) is 3.88. The summed E-state index contributed by atoms with van der Waals surface area (Å²) < 4.78 is 5.56. The topological polar surface area (TPSA) is 55.0 Å². The van der Waals surface area contributed by atoms with Crippen molar-refractivity contribution in [3.05, 3.63) is 22.1 Å². The summed E-state index contributed by atoms with van der Waals surface area (Å²) in [5.74, 6) is 1.27. The van der Waals surface area contributed by atoms with Crippen LogP contribution in [-0.4, -0.2) is 16.8 Å². The number of nitrogens with one attached hydrogen (secondary N) is 1. The fourth-order valence-electron chi connectivity index (χ4n) is 1.18. The molecule has 1 rings (SSSR count). The maximum absolute atomic E-state index is 11.1. The van der Waals surface area contributed by atoms with Crippen molar-refractivity contribution in [3.8, 4) is 5.75 Å². The molecule has 1 aromatic rings. The lowest BCUT2D eigenvalue weighted by molar-refractivity contribution is 0.265. The number of aromatic amines is 1. The largest absolute Gasteiger partial charge is 0.491 e. The molecule has 1 aromatic heterocycles. The second-order valence-electron chi connectivity index (χ2n) is 4.34. The van der Waals surface area contributed by atoms with Crippen LogP contribution < -0.4 is 10.3 Å². The van der Waals surface area contributed by atoms with E-state index in [-0.39, 0.29) is 11.5 Å². The highest BCUT2D eigenvalue weighted by Gasteiger charge is 2.11. The Balaban J connectivity index is 2.92. The van der Waals surface area contributed by atoms with Gasteiger partial charge >= 0.3 is 0 Å². The molecule has 1 heterocycles. The first-order valence-electron chi connectivity index (χ1n) is 5.23. The number of aromatic nitrogens is 2. The number of ether oxygens (including phenoxy) is 1. The van der Waals surface area contributed by atoms with E-state index in [9.17, 15) is 4.79 Å². The van der Waals surface area contributed by atoms with Gasteiger partial charge in [-0.25, -0.2) is 5.10 Å². The van der Waals surface area contributed by atoms with Crippen LogP contribution in [-0.2, 0) is 0 Å². The van der Waals surface area contributed by atoms with Crippen LogP contribution in [0.2, 0.25) is 0 Å². The van der Waals surface area contributed by atoms with Crippen molar-refractivity contribution in [3.63, 3.8) is 0 Å². The first-order chi connectivity index (χ1) is 7.00. The Morgan fingerprint density at radius 1 is 1.40 bits per heavy atom. The minimum Gasteiger partial charge on any atom is -0.491 e. The van der Waals surface area contributed by atoms with Crippen LogP contribution in [0.4, 0.5) is 0 Å². The molecule has 0 aliphatic carbocycles. The zero-order chi connectivity index (χ0) is 11.4. The molecular formula is C11H18N2O2. The molecule has 0 saturated heterocycles. The predicted molar refractivity (Wildman–Crippen MR) is 59.3 cm³/mol. The molecule has 4 heteroatoms. The van der Waals surface area contributed by atoms with E-state index >= 15 is 0 Å². The van der Waals surface area contributed by atoms with E-state index in [1.807, 2.05) is 13.8 Å². The Morgan fingerprint density at radius 3 is 2.60 bits per heavy atom. The molecule has 0 atom stereocenters. The first-order valence-corrected chi connectivity index (χ1v) is 5.23. The molecule has 84 valence electrons. The SMILES string of the molecule is CC(C)COc1cc(=O)[nH]nc1C(C)C. The van der Waals surface area contributed by atoms with Crippen molar-refractivity contribution in [2.24, 2.45) is 5.92 Å². The van der Waals surface area contributed by atoms with Gasteiger partial charge in [-0.05, 0) is 5.92 Å². The zero-order valence-corrected chi connectivity index (χ0v) is 9.70. The Hall–Kier alpha value is -1.32. The highest BCUT2D eigenvalue weighted by molar-refractivity contribution is 5.27. The molecular weight excluding hydrogens is 192 g/mol. The van der Waals surface area contributed by atoms with Gasteiger partial charge in [0.2, 0.25) is 0 Å². The van der Waals surface area contributed by atoms with Gasteiger partial charge in [-0.1, -0.05) is 27.7 Å². The van der Waals surface area contributed by atoms with Crippen molar-refractivity contribution < 1.29 is 4.74 Å². The zero-order valence-electron chi connectivity index (χ0n) is 9.70. The van der Waals surface area contributed by atoms with E-state index in [1.165, 1.54) is 6.07 Å². The molecule has 0 fully saturated rings. The third-order valence-electron chi connectivity index (χ3n) is 1.92. The van der Waals surface area contributed by atoms with Crippen LogP contribution in [0.1, 0.15) is 39.3 Å². The molecule has 0 aliphatic heterocycles. The Morgan fingerprint density at radius 2 is 2.07 bits per heavy atom. The first kappa shape index (κ1) is 11.8. The number of hydrogen-bond acceptors (Lipinski definition) is 3. The summed E-state index contributed by atoms with van der Waals surface area (Å²) in [6.07, 6.45) is 0. The Labute approximate surface area is 89.7 Å². The van der Waals surface area contributed by atoms with Crippen LogP contribution in [0.15, 0.2) is 10.9 Å². The summed E-state index contributed by atoms with van der Waals surface area (Å²) in [5.41, 5.74) is 0.577. The molecule has 0 unspecified atom stereocenters. The minimum atomic E-state index is -0.224. The smallest absolute Gasteiger partial charge is 0.267 e. The van der Waals surface area contributed by atoms with E-state index < -0.39 is 0 Å². The van der Waals surface area contributed by atoms with E-state index in [2.05, 4.69) is 24.0 Å².